The Kier molecular flexibility index (Phi) is 8.16. The third kappa shape index (κ3) is 6.98. The van der Waals surface area contributed by atoms with E-state index >= 15 is 0 Å². The largest absolute Gasteiger partial charge is 0.651 e. The van der Waals surface area contributed by atoms with Crippen LogP contribution in [0.25, 0.3) is 5.32 Å². The molecule has 4 nitrogen and oxygen atoms in total. The maximum atomic E-state index is 13.3. The van der Waals surface area contributed by atoms with Crippen molar-refractivity contribution in [1.29, 1.82) is 0 Å². The minimum absolute atomic E-state index is 0.0156. The minimum atomic E-state index is -4.93. The van der Waals surface area contributed by atoms with E-state index in [9.17, 15) is 31.1 Å². The fourth-order valence-corrected chi connectivity index (χ4v) is 4.26. The Morgan fingerprint density at radius 1 is 1.09 bits per heavy atom. The molecule has 0 spiro atoms. The Morgan fingerprint density at radius 3 is 2.17 bits per heavy atom. The lowest BCUT2D eigenvalue weighted by Gasteiger charge is -2.53. The number of ether oxygens (including phenoxy) is 1. The zero-order valence-corrected chi connectivity index (χ0v) is 19.1. The van der Waals surface area contributed by atoms with Gasteiger partial charge in [-0.15, -0.1) is 6.54 Å². The number of nitrogens with two attached hydrogens (primary N) is 1. The topological polar surface area (TPSA) is 66.4 Å². The Balaban J connectivity index is 1.81. The number of nitrogens with zero attached hydrogens (tertiary/aromatic N) is 1. The van der Waals surface area contributed by atoms with Crippen LogP contribution >= 0.6 is 0 Å². The van der Waals surface area contributed by atoms with Crippen molar-refractivity contribution < 1.29 is 35.9 Å². The summed E-state index contributed by atoms with van der Waals surface area (Å²) >= 11 is 0. The van der Waals surface area contributed by atoms with Crippen LogP contribution in [0.3, 0.4) is 0 Å². The average Bonchev–Trinajstić information content (AvgIpc) is 2.81. The molecular formula is C25H27F6N2O2-. The van der Waals surface area contributed by atoms with E-state index in [2.05, 4.69) is 0 Å². The number of amides is 1. The molecule has 35 heavy (non-hydrogen) atoms. The first-order chi connectivity index (χ1) is 16.3. The van der Waals surface area contributed by atoms with E-state index < -0.39 is 35.1 Å². The SMILES string of the molecule is C[C@@H](OC[C@@]1(c2ccccc2)CC[C@H](CCC(N)=O)C[N-]1)c1cc(C(F)(F)F)cc(C(F)(F)F)c1. The maximum absolute atomic E-state index is 13.3. The van der Waals surface area contributed by atoms with E-state index in [0.717, 1.165) is 12.0 Å². The standard InChI is InChI=1S/C25H27F6N2O2/c1-16(18-11-20(24(26,27)28)13-21(12-18)25(29,30)31)35-15-23(19-5-3-2-4-6-19)10-9-17(14-33-23)7-8-22(32)34/h2-6,11-13,16-17H,7-10,14-15H2,1H3,(H2,32,34)/q-1/t16-,17+,23-/m1/s1. The zero-order valence-electron chi connectivity index (χ0n) is 19.1. The van der Waals surface area contributed by atoms with Crippen LogP contribution in [-0.4, -0.2) is 19.1 Å². The van der Waals surface area contributed by atoms with Crippen LogP contribution in [0.1, 0.15) is 61.0 Å². The van der Waals surface area contributed by atoms with Crippen molar-refractivity contribution in [3.05, 3.63) is 76.1 Å². The number of halogens is 6. The van der Waals surface area contributed by atoms with Gasteiger partial charge < -0.3 is 15.8 Å². The molecule has 0 saturated carbocycles. The molecule has 0 aromatic heterocycles. The van der Waals surface area contributed by atoms with Gasteiger partial charge in [0.25, 0.3) is 0 Å². The van der Waals surface area contributed by atoms with Crippen molar-refractivity contribution in [3.63, 3.8) is 0 Å². The molecule has 1 aliphatic rings. The summed E-state index contributed by atoms with van der Waals surface area (Å²) in [5.41, 5.74) is 2.31. The average molecular weight is 501 g/mol. The van der Waals surface area contributed by atoms with Crippen molar-refractivity contribution in [3.8, 4) is 0 Å². The van der Waals surface area contributed by atoms with Gasteiger partial charge in [0, 0.05) is 13.0 Å². The lowest BCUT2D eigenvalue weighted by Crippen LogP contribution is -2.37. The molecule has 0 radical (unpaired) electrons. The molecule has 3 rings (SSSR count). The molecule has 3 atom stereocenters. The number of benzene rings is 2. The highest BCUT2D eigenvalue weighted by molar-refractivity contribution is 5.73. The van der Waals surface area contributed by atoms with Crippen LogP contribution in [0, 0.1) is 5.92 Å². The van der Waals surface area contributed by atoms with Gasteiger partial charge in [-0.3, -0.25) is 4.79 Å². The fraction of sp³-hybridized carbons (Fsp3) is 0.480. The molecule has 1 amide bonds. The lowest BCUT2D eigenvalue weighted by molar-refractivity contribution is -0.143. The van der Waals surface area contributed by atoms with Crippen LogP contribution in [0.5, 0.6) is 0 Å². The second-order valence-electron chi connectivity index (χ2n) is 8.94. The van der Waals surface area contributed by atoms with Gasteiger partial charge in [-0.2, -0.15) is 26.3 Å². The Labute approximate surface area is 199 Å². The number of carbonyl (C=O) groups is 1. The molecule has 0 aliphatic carbocycles. The number of piperidine rings is 1. The van der Waals surface area contributed by atoms with Crippen molar-refractivity contribution in [2.45, 2.75) is 56.6 Å². The first-order valence-corrected chi connectivity index (χ1v) is 11.2. The smallest absolute Gasteiger partial charge is 0.416 e. The predicted molar refractivity (Wildman–Crippen MR) is 118 cm³/mol. The summed E-state index contributed by atoms with van der Waals surface area (Å²) in [7, 11) is 0. The third-order valence-electron chi connectivity index (χ3n) is 6.38. The number of alkyl halides is 6. The van der Waals surface area contributed by atoms with E-state index in [1.54, 1.807) is 0 Å². The van der Waals surface area contributed by atoms with Gasteiger partial charge in [-0.1, -0.05) is 60.2 Å². The molecule has 1 saturated heterocycles. The fourth-order valence-electron chi connectivity index (χ4n) is 4.26. The van der Waals surface area contributed by atoms with Crippen LogP contribution in [0.2, 0.25) is 0 Å². The summed E-state index contributed by atoms with van der Waals surface area (Å²) in [6.45, 7) is 1.85. The molecule has 1 aliphatic heterocycles. The highest BCUT2D eigenvalue weighted by atomic mass is 19.4. The van der Waals surface area contributed by atoms with E-state index in [1.165, 1.54) is 6.92 Å². The molecule has 10 heteroatoms. The minimum Gasteiger partial charge on any atom is -0.651 e. The second kappa shape index (κ2) is 10.6. The zero-order chi connectivity index (χ0) is 25.9. The highest BCUT2D eigenvalue weighted by Gasteiger charge is 2.37. The van der Waals surface area contributed by atoms with Crippen molar-refractivity contribution in [2.24, 2.45) is 11.7 Å². The second-order valence-corrected chi connectivity index (χ2v) is 8.94. The molecule has 1 heterocycles. The predicted octanol–water partition coefficient (Wildman–Crippen LogP) is 6.75. The van der Waals surface area contributed by atoms with Crippen LogP contribution in [-0.2, 0) is 27.4 Å². The monoisotopic (exact) mass is 501 g/mol. The number of rotatable bonds is 8. The van der Waals surface area contributed by atoms with Crippen molar-refractivity contribution in [2.75, 3.05) is 13.2 Å². The molecule has 1 fully saturated rings. The highest BCUT2D eigenvalue weighted by Crippen LogP contribution is 2.44. The Morgan fingerprint density at radius 2 is 1.69 bits per heavy atom. The van der Waals surface area contributed by atoms with E-state index in [1.807, 2.05) is 30.3 Å². The third-order valence-corrected chi connectivity index (χ3v) is 6.38. The van der Waals surface area contributed by atoms with Crippen LogP contribution < -0.4 is 5.73 Å². The molecule has 2 aromatic carbocycles. The first kappa shape index (κ1) is 27.0. The summed E-state index contributed by atoms with van der Waals surface area (Å²) in [5.74, 6) is -0.226. The van der Waals surface area contributed by atoms with Crippen molar-refractivity contribution in [1.82, 2.24) is 0 Å². The first-order valence-electron chi connectivity index (χ1n) is 11.2. The normalized spacial score (nSPS) is 22.1. The number of hydrogen-bond donors (Lipinski definition) is 1. The van der Waals surface area contributed by atoms with Gasteiger partial charge in [0.1, 0.15) is 0 Å². The maximum Gasteiger partial charge on any atom is 0.416 e. The number of carbonyl (C=O) groups excluding carboxylic acids is 1. The van der Waals surface area contributed by atoms with Crippen molar-refractivity contribution >= 4 is 5.91 Å². The lowest BCUT2D eigenvalue weighted by atomic mass is 9.78. The molecule has 0 bridgehead atoms. The van der Waals surface area contributed by atoms with Crippen LogP contribution in [0.15, 0.2) is 48.5 Å². The Hall–Kier alpha value is -2.59. The molecule has 192 valence electrons. The van der Waals surface area contributed by atoms with Crippen LogP contribution in [0.4, 0.5) is 26.3 Å². The van der Waals surface area contributed by atoms with E-state index in [4.69, 9.17) is 15.8 Å². The van der Waals surface area contributed by atoms with E-state index in [-0.39, 0.29) is 36.5 Å². The Bertz CT molecular complexity index is 967. The summed E-state index contributed by atoms with van der Waals surface area (Å²) in [6, 6.07) is 10.7. The molecular weight excluding hydrogens is 474 g/mol. The number of hydrogen-bond acceptors (Lipinski definition) is 2. The quantitative estimate of drug-likeness (QED) is 0.407. The van der Waals surface area contributed by atoms with Gasteiger partial charge in [0.15, 0.2) is 0 Å². The van der Waals surface area contributed by atoms with Gasteiger partial charge in [0.2, 0.25) is 5.91 Å². The molecule has 2 N–H and O–H groups in total. The summed E-state index contributed by atoms with van der Waals surface area (Å²) in [4.78, 5) is 11.1. The van der Waals surface area contributed by atoms with E-state index in [0.29, 0.717) is 31.5 Å². The van der Waals surface area contributed by atoms with Gasteiger partial charge in [-0.25, -0.2) is 0 Å². The summed E-state index contributed by atoms with van der Waals surface area (Å²) in [5, 5.41) is 4.83. The summed E-state index contributed by atoms with van der Waals surface area (Å²) < 4.78 is 85.4. The van der Waals surface area contributed by atoms with Gasteiger partial charge in [0.05, 0.1) is 17.2 Å². The number of primary amides is 1. The molecule has 0 unspecified atom stereocenters. The molecule has 2 aromatic rings. The van der Waals surface area contributed by atoms with Gasteiger partial charge in [-0.05, 0) is 37.1 Å². The van der Waals surface area contributed by atoms with Gasteiger partial charge >= 0.3 is 12.4 Å². The summed E-state index contributed by atoms with van der Waals surface area (Å²) in [6.07, 6.45) is -8.76.